The topological polar surface area (TPSA) is 79.9 Å². The molecule has 7 nitrogen and oxygen atoms in total. The van der Waals surface area contributed by atoms with Crippen LogP contribution in [0.5, 0.6) is 0 Å². The van der Waals surface area contributed by atoms with Crippen molar-refractivity contribution in [1.29, 1.82) is 0 Å². The average molecular weight is 705 g/mol. The first-order valence-electron chi connectivity index (χ1n) is 20.9. The average Bonchev–Trinajstić information content (AvgIpc) is 3.03. The van der Waals surface area contributed by atoms with E-state index in [-0.39, 0.29) is 13.2 Å². The highest BCUT2D eigenvalue weighted by Gasteiger charge is 2.20. The number of hydrogen-bond acceptors (Lipinski definition) is 6. The number of ether oxygens (including phenoxy) is 1. The number of likely N-dealkylation sites (N-methyl/N-ethyl adjacent to an activating group) is 1. The van der Waals surface area contributed by atoms with Crippen molar-refractivity contribution in [1.82, 2.24) is 5.32 Å². The van der Waals surface area contributed by atoms with Crippen LogP contribution >= 0.6 is 7.82 Å². The van der Waals surface area contributed by atoms with Crippen LogP contribution in [0.4, 0.5) is 0 Å². The summed E-state index contributed by atoms with van der Waals surface area (Å²) in [6.45, 7) is 7.47. The number of quaternary nitrogens is 1. The summed E-state index contributed by atoms with van der Waals surface area (Å²) >= 11 is 0. The summed E-state index contributed by atoms with van der Waals surface area (Å²) in [6.07, 6.45) is 36.8. The molecule has 0 aromatic rings. The Morgan fingerprint density at radius 3 is 1.33 bits per heavy atom. The van der Waals surface area contributed by atoms with Crippen LogP contribution < -0.4 is 10.2 Å². The van der Waals surface area contributed by atoms with E-state index in [1.165, 1.54) is 161 Å². The summed E-state index contributed by atoms with van der Waals surface area (Å²) in [4.78, 5) is 12.6. The summed E-state index contributed by atoms with van der Waals surface area (Å²) in [6, 6.07) is 0. The molecule has 0 bridgehead atoms. The van der Waals surface area contributed by atoms with Gasteiger partial charge in [0.1, 0.15) is 19.3 Å². The van der Waals surface area contributed by atoms with Crippen molar-refractivity contribution in [3.8, 4) is 0 Å². The molecule has 0 saturated heterocycles. The van der Waals surface area contributed by atoms with Crippen LogP contribution in [0.15, 0.2) is 0 Å². The molecule has 0 spiro atoms. The summed E-state index contributed by atoms with van der Waals surface area (Å²) in [5, 5.41) is 3.41. The van der Waals surface area contributed by atoms with Gasteiger partial charge in [-0.15, -0.1) is 0 Å². The lowest BCUT2D eigenvalue weighted by atomic mass is 10.0. The second-order valence-electron chi connectivity index (χ2n) is 15.5. The highest BCUT2D eigenvalue weighted by Crippen LogP contribution is 2.39. The molecule has 0 aliphatic rings. The Morgan fingerprint density at radius 2 is 0.938 bits per heavy atom. The van der Waals surface area contributed by atoms with E-state index < -0.39 is 13.9 Å². The van der Waals surface area contributed by atoms with Crippen LogP contribution in [0.3, 0.4) is 0 Å². The SMILES string of the molecule is CCCCCCCCCCCCCCCCNCC(COCCCCCCCCCCCCCCCC)OP(=O)([O-])OCC[N+](C)(C)C. The molecule has 0 radical (unpaired) electrons. The first-order valence-corrected chi connectivity index (χ1v) is 22.4. The van der Waals surface area contributed by atoms with E-state index in [1.54, 1.807) is 0 Å². The highest BCUT2D eigenvalue weighted by atomic mass is 31.2. The third-order valence-electron chi connectivity index (χ3n) is 9.31. The Labute approximate surface area is 300 Å². The summed E-state index contributed by atoms with van der Waals surface area (Å²) in [5.74, 6) is 0. The zero-order valence-corrected chi connectivity index (χ0v) is 33.9. The molecular formula is C40H85N2O5P. The molecule has 0 aliphatic heterocycles. The fourth-order valence-corrected chi connectivity index (χ4v) is 6.95. The van der Waals surface area contributed by atoms with Crippen LogP contribution in [-0.2, 0) is 18.3 Å². The third kappa shape index (κ3) is 38.8. The predicted octanol–water partition coefficient (Wildman–Crippen LogP) is 11.1. The van der Waals surface area contributed by atoms with Crippen LogP contribution in [-0.4, -0.2) is 71.2 Å². The van der Waals surface area contributed by atoms with Crippen molar-refractivity contribution in [2.45, 2.75) is 200 Å². The van der Waals surface area contributed by atoms with Gasteiger partial charge < -0.3 is 28.5 Å². The zero-order chi connectivity index (χ0) is 35.4. The van der Waals surface area contributed by atoms with E-state index in [1.807, 2.05) is 21.1 Å². The largest absolute Gasteiger partial charge is 0.756 e. The second kappa shape index (κ2) is 35.4. The molecule has 0 fully saturated rings. The minimum absolute atomic E-state index is 0.114. The number of nitrogens with zero attached hydrogens (tertiary/aromatic N) is 1. The summed E-state index contributed by atoms with van der Waals surface area (Å²) in [5.41, 5.74) is 0. The van der Waals surface area contributed by atoms with Gasteiger partial charge in [-0.3, -0.25) is 4.57 Å². The molecule has 8 heteroatoms. The molecule has 0 amide bonds. The molecule has 0 aliphatic carbocycles. The fourth-order valence-electron chi connectivity index (χ4n) is 6.09. The van der Waals surface area contributed by atoms with Crippen molar-refractivity contribution < 1.29 is 27.7 Å². The molecule has 1 N–H and O–H groups in total. The van der Waals surface area contributed by atoms with E-state index in [4.69, 9.17) is 13.8 Å². The lowest BCUT2D eigenvalue weighted by molar-refractivity contribution is -0.870. The molecule has 2 unspecified atom stereocenters. The Morgan fingerprint density at radius 1 is 0.562 bits per heavy atom. The number of phosphoric acid groups is 1. The Kier molecular flexibility index (Phi) is 35.4. The Hall–Kier alpha value is -0.0100. The quantitative estimate of drug-likeness (QED) is 0.0388. The maximum absolute atomic E-state index is 12.6. The second-order valence-corrected chi connectivity index (χ2v) is 16.9. The van der Waals surface area contributed by atoms with Crippen LogP contribution in [0.2, 0.25) is 0 Å². The number of rotatable bonds is 40. The smallest absolute Gasteiger partial charge is 0.268 e. The van der Waals surface area contributed by atoms with Crippen LogP contribution in [0.1, 0.15) is 194 Å². The molecule has 0 aromatic heterocycles. The highest BCUT2D eigenvalue weighted by molar-refractivity contribution is 7.45. The predicted molar refractivity (Wildman–Crippen MR) is 206 cm³/mol. The van der Waals surface area contributed by atoms with E-state index >= 15 is 0 Å². The van der Waals surface area contributed by atoms with Gasteiger partial charge in [0.15, 0.2) is 0 Å². The third-order valence-corrected chi connectivity index (χ3v) is 10.4. The lowest BCUT2D eigenvalue weighted by Crippen LogP contribution is -2.38. The minimum Gasteiger partial charge on any atom is -0.756 e. The maximum atomic E-state index is 12.6. The number of phosphoric ester groups is 1. The van der Waals surface area contributed by atoms with Gasteiger partial charge in [-0.25, -0.2) is 0 Å². The lowest BCUT2D eigenvalue weighted by Gasteiger charge is -2.30. The minimum atomic E-state index is -4.40. The molecule has 2 atom stereocenters. The van der Waals surface area contributed by atoms with Crippen molar-refractivity contribution in [2.75, 3.05) is 60.6 Å². The zero-order valence-electron chi connectivity index (χ0n) is 33.1. The van der Waals surface area contributed by atoms with Crippen molar-refractivity contribution >= 4 is 7.82 Å². The molecule has 290 valence electrons. The molecule has 48 heavy (non-hydrogen) atoms. The van der Waals surface area contributed by atoms with Gasteiger partial charge in [-0.2, -0.15) is 0 Å². The first-order chi connectivity index (χ1) is 23.2. The van der Waals surface area contributed by atoms with Crippen molar-refractivity contribution in [2.24, 2.45) is 0 Å². The molecule has 0 saturated carbocycles. The molecular weight excluding hydrogens is 619 g/mol. The van der Waals surface area contributed by atoms with Gasteiger partial charge in [0.2, 0.25) is 0 Å². The van der Waals surface area contributed by atoms with E-state index in [2.05, 4.69) is 19.2 Å². The number of nitrogens with one attached hydrogen (secondary N) is 1. The van der Waals surface area contributed by atoms with E-state index in [0.29, 0.717) is 24.2 Å². The Balaban J connectivity index is 4.05. The standard InChI is InChI=1S/C40H85N2O5P/c1-6-8-10-12-14-16-18-20-22-24-26-28-30-32-34-41-38-40(47-48(43,44)46-37-35-42(3,4)5)39-45-36-33-31-29-27-25-23-21-19-17-15-13-11-9-7-2/h40-41H,6-39H2,1-5H3. The van der Waals surface area contributed by atoms with Gasteiger partial charge in [-0.1, -0.05) is 181 Å². The molecule has 0 rings (SSSR count). The van der Waals surface area contributed by atoms with Crippen molar-refractivity contribution in [3.63, 3.8) is 0 Å². The van der Waals surface area contributed by atoms with Crippen LogP contribution in [0, 0.1) is 0 Å². The number of unbranched alkanes of at least 4 members (excludes halogenated alkanes) is 26. The van der Waals surface area contributed by atoms with Gasteiger partial charge in [0.05, 0.1) is 27.7 Å². The summed E-state index contributed by atoms with van der Waals surface area (Å²) in [7, 11) is 1.63. The van der Waals surface area contributed by atoms with Gasteiger partial charge in [0.25, 0.3) is 7.82 Å². The van der Waals surface area contributed by atoms with Gasteiger partial charge >= 0.3 is 0 Å². The molecule has 0 aromatic carbocycles. The van der Waals surface area contributed by atoms with E-state index in [9.17, 15) is 9.46 Å². The van der Waals surface area contributed by atoms with Crippen LogP contribution in [0.25, 0.3) is 0 Å². The maximum Gasteiger partial charge on any atom is 0.268 e. The fraction of sp³-hybridized carbons (Fsp3) is 1.00. The van der Waals surface area contributed by atoms with Gasteiger partial charge in [0, 0.05) is 13.2 Å². The molecule has 0 heterocycles. The monoisotopic (exact) mass is 705 g/mol. The Bertz CT molecular complexity index is 655. The van der Waals surface area contributed by atoms with E-state index in [0.717, 1.165) is 25.8 Å². The normalized spacial score (nSPS) is 14.0. The van der Waals surface area contributed by atoms with Gasteiger partial charge in [-0.05, 0) is 19.4 Å². The summed E-state index contributed by atoms with van der Waals surface area (Å²) < 4.78 is 29.8. The number of hydrogen-bond donors (Lipinski definition) is 1. The van der Waals surface area contributed by atoms with Crippen molar-refractivity contribution in [3.05, 3.63) is 0 Å². The first kappa shape index (κ1) is 48.0.